The molecule has 0 N–H and O–H groups in total. The number of thiazole rings is 1. The lowest BCUT2D eigenvalue weighted by atomic mass is 10.2. The van der Waals surface area contributed by atoms with E-state index in [2.05, 4.69) is 4.98 Å². The average Bonchev–Trinajstić information content (AvgIpc) is 3.18. The van der Waals surface area contributed by atoms with Crippen LogP contribution in [0.4, 0.5) is 10.8 Å². The number of anilines is 2. The first-order chi connectivity index (χ1) is 13.9. The largest absolute Gasteiger partial charge is 0.461 e. The van der Waals surface area contributed by atoms with Gasteiger partial charge in [-0.25, -0.2) is 9.78 Å². The number of aromatic nitrogens is 1. The lowest BCUT2D eigenvalue weighted by Gasteiger charge is -2.20. The van der Waals surface area contributed by atoms with Gasteiger partial charge in [0.1, 0.15) is 0 Å². The van der Waals surface area contributed by atoms with Crippen molar-refractivity contribution in [1.82, 2.24) is 4.98 Å². The van der Waals surface area contributed by atoms with Crippen LogP contribution in [0, 0.1) is 5.92 Å². The van der Waals surface area contributed by atoms with E-state index in [1.54, 1.807) is 53.9 Å². The molecule has 8 heteroatoms. The number of carbonyl (C=O) groups excluding carboxylic acids is 2. The second-order valence-corrected chi connectivity index (χ2v) is 8.28. The summed E-state index contributed by atoms with van der Waals surface area (Å²) in [5.74, 6) is -0.679. The Hall–Kier alpha value is -2.41. The Balaban J connectivity index is 1.98. The molecule has 3 rings (SSSR count). The molecule has 29 heavy (non-hydrogen) atoms. The number of nitrogens with zero attached hydrogens (tertiary/aromatic N) is 2. The van der Waals surface area contributed by atoms with Crippen LogP contribution in [0.15, 0.2) is 53.9 Å². The van der Waals surface area contributed by atoms with Crippen molar-refractivity contribution >= 4 is 57.2 Å². The van der Waals surface area contributed by atoms with Gasteiger partial charge in [-0.05, 0) is 42.3 Å². The van der Waals surface area contributed by atoms with E-state index in [0.717, 1.165) is 0 Å². The Kier molecular flexibility index (Phi) is 6.90. The summed E-state index contributed by atoms with van der Waals surface area (Å²) in [6.07, 6.45) is 0. The topological polar surface area (TPSA) is 59.5 Å². The smallest absolute Gasteiger partial charge is 0.357 e. The zero-order valence-corrected chi connectivity index (χ0v) is 18.1. The number of amides is 1. The molecule has 0 saturated carbocycles. The van der Waals surface area contributed by atoms with Crippen LogP contribution in [0.3, 0.4) is 0 Å². The van der Waals surface area contributed by atoms with Crippen LogP contribution >= 0.6 is 34.5 Å². The minimum Gasteiger partial charge on any atom is -0.461 e. The lowest BCUT2D eigenvalue weighted by Crippen LogP contribution is -2.26. The first-order valence-corrected chi connectivity index (χ1v) is 10.5. The molecular weight excluding hydrogens is 431 g/mol. The summed E-state index contributed by atoms with van der Waals surface area (Å²) in [6, 6.07) is 13.5. The molecule has 2 aromatic carbocycles. The zero-order valence-electron chi connectivity index (χ0n) is 15.8. The van der Waals surface area contributed by atoms with E-state index < -0.39 is 5.97 Å². The molecule has 1 heterocycles. The van der Waals surface area contributed by atoms with Crippen LogP contribution in [0.2, 0.25) is 10.0 Å². The summed E-state index contributed by atoms with van der Waals surface area (Å²) in [6.45, 7) is 4.19. The fraction of sp³-hybridized carbons (Fsp3) is 0.190. The highest BCUT2D eigenvalue weighted by Gasteiger charge is 2.26. The fourth-order valence-electron chi connectivity index (χ4n) is 2.44. The monoisotopic (exact) mass is 448 g/mol. The summed E-state index contributed by atoms with van der Waals surface area (Å²) < 4.78 is 5.23. The molecule has 5 nitrogen and oxygen atoms in total. The summed E-state index contributed by atoms with van der Waals surface area (Å²) in [7, 11) is 0. The van der Waals surface area contributed by atoms with E-state index in [1.165, 1.54) is 16.2 Å². The Morgan fingerprint density at radius 2 is 1.79 bits per heavy atom. The number of hydrogen-bond donors (Lipinski definition) is 0. The van der Waals surface area contributed by atoms with Crippen LogP contribution < -0.4 is 4.90 Å². The van der Waals surface area contributed by atoms with E-state index in [4.69, 9.17) is 27.9 Å². The number of esters is 1. The molecule has 0 spiro atoms. The van der Waals surface area contributed by atoms with Crippen molar-refractivity contribution in [3.8, 4) is 0 Å². The van der Waals surface area contributed by atoms with Gasteiger partial charge in [0.15, 0.2) is 10.8 Å². The first kappa shape index (κ1) is 21.3. The number of halogens is 2. The number of rotatable bonds is 6. The minimum absolute atomic E-state index is 0.150. The highest BCUT2D eigenvalue weighted by Crippen LogP contribution is 2.32. The number of ether oxygens (including phenoxy) is 1. The van der Waals surface area contributed by atoms with Crippen LogP contribution in [0.5, 0.6) is 0 Å². The van der Waals surface area contributed by atoms with Gasteiger partial charge in [0.2, 0.25) is 0 Å². The molecule has 0 aliphatic heterocycles. The molecule has 0 aliphatic rings. The maximum absolute atomic E-state index is 13.3. The van der Waals surface area contributed by atoms with E-state index >= 15 is 0 Å². The molecule has 0 fully saturated rings. The quantitative estimate of drug-likeness (QED) is 0.418. The van der Waals surface area contributed by atoms with Gasteiger partial charge in [0, 0.05) is 10.4 Å². The van der Waals surface area contributed by atoms with Crippen molar-refractivity contribution < 1.29 is 14.3 Å². The van der Waals surface area contributed by atoms with Crippen LogP contribution in [0.1, 0.15) is 34.7 Å². The number of hydrogen-bond acceptors (Lipinski definition) is 5. The van der Waals surface area contributed by atoms with Gasteiger partial charge < -0.3 is 4.74 Å². The highest BCUT2D eigenvalue weighted by molar-refractivity contribution is 7.14. The van der Waals surface area contributed by atoms with Crippen molar-refractivity contribution in [1.29, 1.82) is 0 Å². The zero-order chi connectivity index (χ0) is 21.0. The normalized spacial score (nSPS) is 10.8. The van der Waals surface area contributed by atoms with Crippen molar-refractivity contribution in [2.75, 3.05) is 11.5 Å². The van der Waals surface area contributed by atoms with Crippen molar-refractivity contribution in [3.63, 3.8) is 0 Å². The maximum atomic E-state index is 13.3. The molecule has 0 radical (unpaired) electrons. The SMILES string of the molecule is CC(C)COC(=O)c1csc(N(C(=O)c2ccccc2Cl)c2ccc(Cl)cc2)n1. The van der Waals surface area contributed by atoms with E-state index in [1.807, 2.05) is 13.8 Å². The number of carbonyl (C=O) groups is 2. The molecule has 0 bridgehead atoms. The highest BCUT2D eigenvalue weighted by atomic mass is 35.5. The van der Waals surface area contributed by atoms with Gasteiger partial charge in [-0.15, -0.1) is 11.3 Å². The molecule has 0 atom stereocenters. The molecule has 0 aliphatic carbocycles. The third-order valence-electron chi connectivity index (χ3n) is 3.83. The lowest BCUT2D eigenvalue weighted by molar-refractivity contribution is 0.0453. The third kappa shape index (κ3) is 5.15. The van der Waals surface area contributed by atoms with Crippen LogP contribution in [0.25, 0.3) is 0 Å². The predicted molar refractivity (Wildman–Crippen MR) is 117 cm³/mol. The van der Waals surface area contributed by atoms with E-state index in [-0.39, 0.29) is 17.5 Å². The summed E-state index contributed by atoms with van der Waals surface area (Å²) >= 11 is 13.4. The first-order valence-electron chi connectivity index (χ1n) is 8.84. The summed E-state index contributed by atoms with van der Waals surface area (Å²) in [5.41, 5.74) is 1.02. The predicted octanol–water partition coefficient (Wildman–Crippen LogP) is 6.24. The summed E-state index contributed by atoms with van der Waals surface area (Å²) in [5, 5.41) is 2.76. The Morgan fingerprint density at radius 3 is 2.45 bits per heavy atom. The Bertz CT molecular complexity index is 1020. The molecule has 150 valence electrons. The molecule has 1 aromatic heterocycles. The van der Waals surface area contributed by atoms with Gasteiger partial charge in [0.25, 0.3) is 5.91 Å². The molecular formula is C21H18Cl2N2O3S. The maximum Gasteiger partial charge on any atom is 0.357 e. The second kappa shape index (κ2) is 9.39. The third-order valence-corrected chi connectivity index (χ3v) is 5.24. The van der Waals surface area contributed by atoms with Gasteiger partial charge in [-0.1, -0.05) is 49.2 Å². The van der Waals surface area contributed by atoms with Crippen molar-refractivity contribution in [2.45, 2.75) is 13.8 Å². The molecule has 0 unspecified atom stereocenters. The van der Waals surface area contributed by atoms with Gasteiger partial charge in [-0.2, -0.15) is 0 Å². The molecule has 0 saturated heterocycles. The van der Waals surface area contributed by atoms with Crippen molar-refractivity contribution in [3.05, 3.63) is 75.2 Å². The molecule has 3 aromatic rings. The van der Waals surface area contributed by atoms with Gasteiger partial charge in [-0.3, -0.25) is 9.69 Å². The average molecular weight is 449 g/mol. The minimum atomic E-state index is -0.526. The van der Waals surface area contributed by atoms with Gasteiger partial charge >= 0.3 is 5.97 Å². The van der Waals surface area contributed by atoms with Gasteiger partial charge in [0.05, 0.1) is 22.9 Å². The van der Waals surface area contributed by atoms with Crippen LogP contribution in [-0.2, 0) is 4.74 Å². The van der Waals surface area contributed by atoms with Crippen LogP contribution in [-0.4, -0.2) is 23.5 Å². The standard InChI is InChI=1S/C21H18Cl2N2O3S/c1-13(2)11-28-20(27)18-12-29-21(24-18)25(15-9-7-14(22)8-10-15)19(26)16-5-3-4-6-17(16)23/h3-10,12-13H,11H2,1-2H3. The fourth-order valence-corrected chi connectivity index (χ4v) is 3.59. The second-order valence-electron chi connectivity index (χ2n) is 6.60. The van der Waals surface area contributed by atoms with E-state index in [0.29, 0.717) is 33.0 Å². The van der Waals surface area contributed by atoms with E-state index in [9.17, 15) is 9.59 Å². The van der Waals surface area contributed by atoms with Crippen molar-refractivity contribution in [2.24, 2.45) is 5.92 Å². The Morgan fingerprint density at radius 1 is 1.10 bits per heavy atom. The Labute approximate surface area is 182 Å². The number of benzene rings is 2. The summed E-state index contributed by atoms with van der Waals surface area (Å²) in [4.78, 5) is 31.3. The molecule has 1 amide bonds.